The highest BCUT2D eigenvalue weighted by atomic mass is 35.5. The smallest absolute Gasteiger partial charge is 0.225 e. The first kappa shape index (κ1) is 15.7. The first-order valence-electron chi connectivity index (χ1n) is 7.02. The van der Waals surface area contributed by atoms with Crippen LogP contribution >= 0.6 is 23.4 Å². The van der Waals surface area contributed by atoms with Crippen LogP contribution in [0.15, 0.2) is 57.7 Å². The molecule has 0 radical (unpaired) electrons. The number of nitrogens with one attached hydrogen (secondary N) is 1. The number of halogens is 1. The van der Waals surface area contributed by atoms with E-state index in [-0.39, 0.29) is 18.2 Å². The van der Waals surface area contributed by atoms with Crippen molar-refractivity contribution in [3.63, 3.8) is 0 Å². The molecule has 0 saturated heterocycles. The Hall–Kier alpha value is -2.16. The molecule has 0 bridgehead atoms. The van der Waals surface area contributed by atoms with Gasteiger partial charge >= 0.3 is 0 Å². The van der Waals surface area contributed by atoms with Gasteiger partial charge in [0.15, 0.2) is 0 Å². The van der Waals surface area contributed by atoms with Gasteiger partial charge in [-0.3, -0.25) is 4.79 Å². The monoisotopic (exact) mass is 344 g/mol. The highest BCUT2D eigenvalue weighted by Gasteiger charge is 2.31. The molecule has 116 valence electrons. The molecule has 1 aromatic carbocycles. The summed E-state index contributed by atoms with van der Waals surface area (Å²) in [6.07, 6.45) is 1.78. The number of nitrogens with zero attached hydrogens (tertiary/aromatic N) is 1. The summed E-state index contributed by atoms with van der Waals surface area (Å²) in [4.78, 5) is 12.0. The zero-order valence-corrected chi connectivity index (χ0v) is 13.7. The normalized spacial score (nSPS) is 17.7. The molecule has 1 amide bonds. The molecule has 6 heteroatoms. The molecule has 0 fully saturated rings. The highest BCUT2D eigenvalue weighted by Crippen LogP contribution is 2.37. The van der Waals surface area contributed by atoms with Gasteiger partial charge in [-0.05, 0) is 29.8 Å². The third-order valence-electron chi connectivity index (χ3n) is 3.54. The average Bonchev–Trinajstić information content (AvgIpc) is 3.08. The lowest BCUT2D eigenvalue weighted by atomic mass is 9.92. The number of hydrogen-bond donors (Lipinski definition) is 1. The van der Waals surface area contributed by atoms with E-state index in [1.165, 1.54) is 11.8 Å². The Kier molecular flexibility index (Phi) is 4.75. The lowest BCUT2D eigenvalue weighted by molar-refractivity contribution is -0.120. The highest BCUT2D eigenvalue weighted by molar-refractivity contribution is 8.02. The van der Waals surface area contributed by atoms with E-state index >= 15 is 0 Å². The van der Waals surface area contributed by atoms with Crippen LogP contribution in [-0.2, 0) is 10.5 Å². The number of amides is 1. The number of carbonyl (C=O) groups is 1. The molecule has 0 saturated carbocycles. The van der Waals surface area contributed by atoms with E-state index in [1.54, 1.807) is 18.4 Å². The topological polar surface area (TPSA) is 66.0 Å². The number of thioether (sulfide) groups is 1. The Balaban J connectivity index is 1.83. The SMILES string of the molecule is N#CC1=C(SCc2ccc(Cl)cc2)NC(=O)C[C@@H]1c1ccco1. The Morgan fingerprint density at radius 2 is 2.13 bits per heavy atom. The number of benzene rings is 1. The van der Waals surface area contributed by atoms with Gasteiger partial charge in [-0.1, -0.05) is 23.7 Å². The molecular weight excluding hydrogens is 332 g/mol. The van der Waals surface area contributed by atoms with Crippen LogP contribution in [0.2, 0.25) is 5.02 Å². The van der Waals surface area contributed by atoms with Gasteiger partial charge in [0.1, 0.15) is 5.76 Å². The molecule has 1 N–H and O–H groups in total. The van der Waals surface area contributed by atoms with Crippen molar-refractivity contribution in [2.75, 3.05) is 0 Å². The number of rotatable bonds is 4. The lowest BCUT2D eigenvalue weighted by Gasteiger charge is -2.23. The van der Waals surface area contributed by atoms with E-state index in [1.807, 2.05) is 24.3 Å². The van der Waals surface area contributed by atoms with Gasteiger partial charge < -0.3 is 9.73 Å². The van der Waals surface area contributed by atoms with E-state index in [0.29, 0.717) is 27.1 Å². The van der Waals surface area contributed by atoms with Crippen LogP contribution in [0.4, 0.5) is 0 Å². The number of furan rings is 1. The van der Waals surface area contributed by atoms with Crippen LogP contribution in [0.1, 0.15) is 23.7 Å². The Morgan fingerprint density at radius 1 is 1.35 bits per heavy atom. The Bertz CT molecular complexity index is 776. The second-order valence-electron chi connectivity index (χ2n) is 5.09. The lowest BCUT2D eigenvalue weighted by Crippen LogP contribution is -2.30. The first-order valence-corrected chi connectivity index (χ1v) is 8.38. The van der Waals surface area contributed by atoms with Crippen LogP contribution in [0.5, 0.6) is 0 Å². The predicted molar refractivity (Wildman–Crippen MR) is 89.6 cm³/mol. The molecule has 23 heavy (non-hydrogen) atoms. The summed E-state index contributed by atoms with van der Waals surface area (Å²) in [5.41, 5.74) is 1.61. The number of allylic oxidation sites excluding steroid dienone is 1. The predicted octanol–water partition coefficient (Wildman–Crippen LogP) is 4.21. The van der Waals surface area contributed by atoms with E-state index < -0.39 is 0 Å². The van der Waals surface area contributed by atoms with Crippen molar-refractivity contribution in [1.29, 1.82) is 5.26 Å². The van der Waals surface area contributed by atoms with Gasteiger partial charge in [-0.15, -0.1) is 11.8 Å². The van der Waals surface area contributed by atoms with Gasteiger partial charge in [0.05, 0.1) is 28.9 Å². The molecule has 4 nitrogen and oxygen atoms in total. The number of nitriles is 1. The summed E-state index contributed by atoms with van der Waals surface area (Å²) in [5.74, 6) is 0.851. The zero-order chi connectivity index (χ0) is 16.2. The molecule has 0 spiro atoms. The molecule has 0 unspecified atom stereocenters. The van der Waals surface area contributed by atoms with Crippen molar-refractivity contribution in [1.82, 2.24) is 5.32 Å². The van der Waals surface area contributed by atoms with Gasteiger partial charge in [0.2, 0.25) is 5.91 Å². The van der Waals surface area contributed by atoms with E-state index in [9.17, 15) is 10.1 Å². The third-order valence-corrected chi connectivity index (χ3v) is 4.88. The quantitative estimate of drug-likeness (QED) is 0.902. The van der Waals surface area contributed by atoms with Crippen molar-refractivity contribution >= 4 is 29.3 Å². The molecule has 1 aromatic heterocycles. The van der Waals surface area contributed by atoms with Crippen LogP contribution in [0, 0.1) is 11.3 Å². The van der Waals surface area contributed by atoms with E-state index in [0.717, 1.165) is 5.56 Å². The summed E-state index contributed by atoms with van der Waals surface area (Å²) in [5, 5.41) is 13.6. The van der Waals surface area contributed by atoms with Crippen molar-refractivity contribution in [3.8, 4) is 6.07 Å². The fourth-order valence-electron chi connectivity index (χ4n) is 2.40. The van der Waals surface area contributed by atoms with Gasteiger partial charge in [-0.25, -0.2) is 0 Å². The van der Waals surface area contributed by atoms with Crippen LogP contribution in [0.25, 0.3) is 0 Å². The van der Waals surface area contributed by atoms with Crippen molar-refractivity contribution in [2.45, 2.75) is 18.1 Å². The Morgan fingerprint density at radius 3 is 2.78 bits per heavy atom. The van der Waals surface area contributed by atoms with Gasteiger partial charge in [0.25, 0.3) is 0 Å². The van der Waals surface area contributed by atoms with Gasteiger partial charge in [0, 0.05) is 17.2 Å². The van der Waals surface area contributed by atoms with Crippen LogP contribution in [-0.4, -0.2) is 5.91 Å². The van der Waals surface area contributed by atoms with Crippen molar-refractivity contribution in [2.24, 2.45) is 0 Å². The Labute approximate surface area is 143 Å². The fourth-order valence-corrected chi connectivity index (χ4v) is 3.56. The van der Waals surface area contributed by atoms with Crippen molar-refractivity contribution in [3.05, 3.63) is 69.6 Å². The van der Waals surface area contributed by atoms with Gasteiger partial charge in [-0.2, -0.15) is 5.26 Å². The van der Waals surface area contributed by atoms with E-state index in [4.69, 9.17) is 16.0 Å². The number of carbonyl (C=O) groups excluding carboxylic acids is 1. The second-order valence-corrected chi connectivity index (χ2v) is 6.51. The molecular formula is C17H13ClN2O2S. The molecule has 3 rings (SSSR count). The molecule has 1 atom stereocenters. The minimum absolute atomic E-state index is 0.107. The number of hydrogen-bond acceptors (Lipinski definition) is 4. The molecule has 1 aliphatic heterocycles. The summed E-state index contributed by atoms with van der Waals surface area (Å²) in [6, 6.07) is 13.3. The second kappa shape index (κ2) is 6.95. The molecule has 1 aliphatic rings. The maximum atomic E-state index is 12.0. The summed E-state index contributed by atoms with van der Waals surface area (Å²) in [6.45, 7) is 0. The molecule has 0 aliphatic carbocycles. The third kappa shape index (κ3) is 3.61. The first-order chi connectivity index (χ1) is 11.2. The maximum Gasteiger partial charge on any atom is 0.225 e. The average molecular weight is 345 g/mol. The van der Waals surface area contributed by atoms with Crippen molar-refractivity contribution < 1.29 is 9.21 Å². The van der Waals surface area contributed by atoms with Crippen LogP contribution in [0.3, 0.4) is 0 Å². The molecule has 2 aromatic rings. The summed E-state index contributed by atoms with van der Waals surface area (Å²) >= 11 is 7.31. The molecule has 2 heterocycles. The van der Waals surface area contributed by atoms with Crippen LogP contribution < -0.4 is 5.32 Å². The fraction of sp³-hybridized carbons (Fsp3) is 0.176. The minimum Gasteiger partial charge on any atom is -0.469 e. The standard InChI is InChI=1S/C17H13ClN2O2S/c18-12-5-3-11(4-6-12)10-23-17-14(9-19)13(8-16(21)20-17)15-2-1-7-22-15/h1-7,13H,8,10H2,(H,20,21)/t13-/m0/s1. The maximum absolute atomic E-state index is 12.0. The summed E-state index contributed by atoms with van der Waals surface area (Å²) < 4.78 is 5.39. The zero-order valence-electron chi connectivity index (χ0n) is 12.1. The van der Waals surface area contributed by atoms with E-state index in [2.05, 4.69) is 11.4 Å². The largest absolute Gasteiger partial charge is 0.469 e. The summed E-state index contributed by atoms with van der Waals surface area (Å²) in [7, 11) is 0. The minimum atomic E-state index is -0.323.